The van der Waals surface area contributed by atoms with Gasteiger partial charge in [0, 0.05) is 17.3 Å². The fourth-order valence-corrected chi connectivity index (χ4v) is 2.56. The summed E-state index contributed by atoms with van der Waals surface area (Å²) in [4.78, 5) is 4.31. The second-order valence-corrected chi connectivity index (χ2v) is 4.65. The summed E-state index contributed by atoms with van der Waals surface area (Å²) >= 11 is 0. The average molecular weight is 255 g/mol. The van der Waals surface area contributed by atoms with Gasteiger partial charge < -0.3 is 0 Å². The van der Waals surface area contributed by atoms with Crippen LogP contribution in [0.1, 0.15) is 35.5 Å². The lowest BCUT2D eigenvalue weighted by molar-refractivity contribution is -0.143. The van der Waals surface area contributed by atoms with Gasteiger partial charge in [-0.2, -0.15) is 18.3 Å². The molecule has 1 aliphatic carbocycles. The van der Waals surface area contributed by atoms with Crippen LogP contribution in [0.3, 0.4) is 0 Å². The number of alkyl halides is 3. The van der Waals surface area contributed by atoms with Crippen LogP contribution in [0.25, 0.3) is 5.65 Å². The third kappa shape index (κ3) is 1.67. The second kappa shape index (κ2) is 3.70. The van der Waals surface area contributed by atoms with E-state index < -0.39 is 11.9 Å². The molecule has 0 aromatic carbocycles. The van der Waals surface area contributed by atoms with Gasteiger partial charge in [-0.05, 0) is 32.6 Å². The number of halogens is 3. The van der Waals surface area contributed by atoms with Crippen molar-refractivity contribution in [2.45, 2.75) is 38.8 Å². The van der Waals surface area contributed by atoms with Crippen LogP contribution in [0.4, 0.5) is 13.2 Å². The van der Waals surface area contributed by atoms with E-state index in [0.29, 0.717) is 35.4 Å². The molecule has 0 radical (unpaired) electrons. The van der Waals surface area contributed by atoms with Crippen molar-refractivity contribution >= 4 is 5.65 Å². The van der Waals surface area contributed by atoms with E-state index in [4.69, 9.17) is 0 Å². The van der Waals surface area contributed by atoms with Crippen LogP contribution in [0.2, 0.25) is 0 Å². The van der Waals surface area contributed by atoms with Crippen molar-refractivity contribution < 1.29 is 13.2 Å². The number of aryl methyl sites for hydroxylation is 2. The molecule has 0 saturated carbocycles. The van der Waals surface area contributed by atoms with Crippen molar-refractivity contribution in [2.24, 2.45) is 0 Å². The van der Waals surface area contributed by atoms with Gasteiger partial charge >= 0.3 is 6.18 Å². The fraction of sp³-hybridized carbons (Fsp3) is 0.500. The number of nitrogens with zero attached hydrogens (tertiary/aromatic N) is 3. The van der Waals surface area contributed by atoms with Crippen molar-refractivity contribution in [1.29, 1.82) is 0 Å². The molecule has 2 heterocycles. The molecular weight excluding hydrogens is 243 g/mol. The summed E-state index contributed by atoms with van der Waals surface area (Å²) in [6.45, 7) is 1.67. The zero-order valence-corrected chi connectivity index (χ0v) is 9.88. The Morgan fingerprint density at radius 2 is 1.94 bits per heavy atom. The van der Waals surface area contributed by atoms with E-state index in [1.165, 1.54) is 0 Å². The van der Waals surface area contributed by atoms with Crippen LogP contribution in [0.15, 0.2) is 6.07 Å². The lowest BCUT2D eigenvalue weighted by atomic mass is 9.94. The Hall–Kier alpha value is -1.59. The molecule has 3 rings (SSSR count). The molecule has 0 spiro atoms. The van der Waals surface area contributed by atoms with Crippen molar-refractivity contribution in [3.63, 3.8) is 0 Å². The first-order valence-corrected chi connectivity index (χ1v) is 5.92. The van der Waals surface area contributed by atoms with Gasteiger partial charge in [-0.15, -0.1) is 0 Å². The summed E-state index contributed by atoms with van der Waals surface area (Å²) in [6.07, 6.45) is -1.64. The lowest BCUT2D eigenvalue weighted by Crippen LogP contribution is -2.21. The predicted molar refractivity (Wildman–Crippen MR) is 59.4 cm³/mol. The second-order valence-electron chi connectivity index (χ2n) is 4.65. The quantitative estimate of drug-likeness (QED) is 0.724. The Kier molecular flexibility index (Phi) is 2.36. The summed E-state index contributed by atoms with van der Waals surface area (Å²) in [5.74, 6) is 0. The smallest absolute Gasteiger partial charge is 0.233 e. The van der Waals surface area contributed by atoms with E-state index in [9.17, 15) is 13.2 Å². The maximum absolute atomic E-state index is 13.2. The third-order valence-electron chi connectivity index (χ3n) is 3.27. The Bertz CT molecular complexity index is 613. The molecule has 0 aliphatic heterocycles. The van der Waals surface area contributed by atoms with Crippen molar-refractivity contribution in [1.82, 2.24) is 14.6 Å². The zero-order valence-electron chi connectivity index (χ0n) is 9.88. The normalized spacial score (nSPS) is 16.0. The van der Waals surface area contributed by atoms with Gasteiger partial charge in [-0.3, -0.25) is 0 Å². The van der Waals surface area contributed by atoms with Crippen molar-refractivity contribution in [2.75, 3.05) is 0 Å². The molecule has 6 heteroatoms. The van der Waals surface area contributed by atoms with Gasteiger partial charge in [0.1, 0.15) is 0 Å². The number of rotatable bonds is 0. The van der Waals surface area contributed by atoms with Crippen molar-refractivity contribution in [3.8, 4) is 0 Å². The summed E-state index contributed by atoms with van der Waals surface area (Å²) in [6, 6.07) is 1.59. The first-order chi connectivity index (χ1) is 8.47. The van der Waals surface area contributed by atoms with E-state index in [1.54, 1.807) is 13.0 Å². The van der Waals surface area contributed by atoms with Crippen LogP contribution < -0.4 is 0 Å². The molecule has 0 amide bonds. The standard InChI is InChI=1S/C12H12F3N3/c1-7-6-10-16-9-5-3-2-4-8(9)11(12(13,14)15)18(10)17-7/h6H,2-5H2,1H3. The van der Waals surface area contributed by atoms with Gasteiger partial charge in [0.2, 0.25) is 0 Å². The SMILES string of the molecule is Cc1cc2nc3c(c(C(F)(F)F)n2n1)CCCC3. The summed E-state index contributed by atoms with van der Waals surface area (Å²) < 4.78 is 40.6. The Morgan fingerprint density at radius 1 is 1.22 bits per heavy atom. The third-order valence-corrected chi connectivity index (χ3v) is 3.27. The lowest BCUT2D eigenvalue weighted by Gasteiger charge is -2.20. The topological polar surface area (TPSA) is 30.2 Å². The number of hydrogen-bond acceptors (Lipinski definition) is 2. The first-order valence-electron chi connectivity index (χ1n) is 5.92. The molecule has 0 unspecified atom stereocenters. The molecule has 2 aromatic rings. The number of fused-ring (bicyclic) bond motifs is 2. The fourth-order valence-electron chi connectivity index (χ4n) is 2.56. The van der Waals surface area contributed by atoms with Crippen LogP contribution in [-0.4, -0.2) is 14.6 Å². The van der Waals surface area contributed by atoms with Crippen LogP contribution in [0.5, 0.6) is 0 Å². The van der Waals surface area contributed by atoms with Crippen LogP contribution in [0, 0.1) is 6.92 Å². The van der Waals surface area contributed by atoms with Crippen LogP contribution >= 0.6 is 0 Å². The Morgan fingerprint density at radius 3 is 2.67 bits per heavy atom. The van der Waals surface area contributed by atoms with Crippen LogP contribution in [-0.2, 0) is 19.0 Å². The minimum Gasteiger partial charge on any atom is -0.233 e. The van der Waals surface area contributed by atoms with E-state index in [-0.39, 0.29) is 0 Å². The van der Waals surface area contributed by atoms with Gasteiger partial charge in [0.05, 0.1) is 5.69 Å². The predicted octanol–water partition coefficient (Wildman–Crippen LogP) is 2.94. The number of hydrogen-bond donors (Lipinski definition) is 0. The number of aromatic nitrogens is 3. The molecule has 2 aromatic heterocycles. The summed E-state index contributed by atoms with van der Waals surface area (Å²) in [7, 11) is 0. The molecule has 96 valence electrons. The molecule has 18 heavy (non-hydrogen) atoms. The molecule has 0 bridgehead atoms. The van der Waals surface area contributed by atoms with E-state index in [2.05, 4.69) is 10.1 Å². The zero-order chi connectivity index (χ0) is 12.9. The highest BCUT2D eigenvalue weighted by atomic mass is 19.4. The first kappa shape index (κ1) is 11.5. The summed E-state index contributed by atoms with van der Waals surface area (Å²) in [5, 5.41) is 3.92. The summed E-state index contributed by atoms with van der Waals surface area (Å²) in [5.41, 5.74) is 1.11. The highest BCUT2D eigenvalue weighted by Gasteiger charge is 2.39. The van der Waals surface area contributed by atoms with Gasteiger partial charge in [0.15, 0.2) is 11.3 Å². The molecule has 0 N–H and O–H groups in total. The molecule has 1 aliphatic rings. The van der Waals surface area contributed by atoms with Gasteiger partial charge in [0.25, 0.3) is 0 Å². The molecular formula is C12H12F3N3. The largest absolute Gasteiger partial charge is 0.433 e. The molecule has 3 nitrogen and oxygen atoms in total. The van der Waals surface area contributed by atoms with Gasteiger partial charge in [-0.1, -0.05) is 0 Å². The Labute approximate surface area is 102 Å². The molecule has 0 saturated heterocycles. The molecule has 0 fully saturated rings. The van der Waals surface area contributed by atoms with E-state index in [1.807, 2.05) is 0 Å². The maximum Gasteiger partial charge on any atom is 0.433 e. The van der Waals surface area contributed by atoms with E-state index >= 15 is 0 Å². The Balaban J connectivity index is 2.39. The minimum atomic E-state index is -4.39. The maximum atomic E-state index is 13.2. The van der Waals surface area contributed by atoms with E-state index in [0.717, 1.165) is 17.4 Å². The molecule has 0 atom stereocenters. The van der Waals surface area contributed by atoms with Gasteiger partial charge in [-0.25, -0.2) is 9.50 Å². The monoisotopic (exact) mass is 255 g/mol. The van der Waals surface area contributed by atoms with Crippen molar-refractivity contribution in [3.05, 3.63) is 28.7 Å². The highest BCUT2D eigenvalue weighted by molar-refractivity contribution is 5.46. The highest BCUT2D eigenvalue weighted by Crippen LogP contribution is 2.36. The minimum absolute atomic E-state index is 0.292. The average Bonchev–Trinajstić information content (AvgIpc) is 2.63.